The summed E-state index contributed by atoms with van der Waals surface area (Å²) in [6.45, 7) is 0.490. The summed E-state index contributed by atoms with van der Waals surface area (Å²) >= 11 is 5.64. The maximum atomic E-state index is 13.8. The quantitative estimate of drug-likeness (QED) is 0.839. The van der Waals surface area contributed by atoms with E-state index in [2.05, 4.69) is 0 Å². The highest BCUT2D eigenvalue weighted by Crippen LogP contribution is 2.41. The molecule has 1 aliphatic rings. The Kier molecular flexibility index (Phi) is 3.08. The molecule has 0 aliphatic carbocycles. The van der Waals surface area contributed by atoms with Gasteiger partial charge in [-0.05, 0) is 0 Å². The summed E-state index contributed by atoms with van der Waals surface area (Å²) < 4.78 is 24.2. The third kappa shape index (κ3) is 2.01. The van der Waals surface area contributed by atoms with Crippen LogP contribution in [-0.4, -0.2) is 24.3 Å². The van der Waals surface area contributed by atoms with E-state index in [4.69, 9.17) is 31.9 Å². The molecule has 0 aromatic heterocycles. The van der Waals surface area contributed by atoms with E-state index in [-0.39, 0.29) is 35.3 Å². The lowest BCUT2D eigenvalue weighted by molar-refractivity contribution is -0.138. The maximum absolute atomic E-state index is 13.8. The summed E-state index contributed by atoms with van der Waals surface area (Å²) in [5.74, 6) is -2.06. The van der Waals surface area contributed by atoms with E-state index in [0.29, 0.717) is 0 Å². The first-order valence-corrected chi connectivity index (χ1v) is 5.16. The predicted molar refractivity (Wildman–Crippen MR) is 57.0 cm³/mol. The average Bonchev–Trinajstić information content (AvgIpc) is 2.30. The minimum absolute atomic E-state index is 0.00745. The van der Waals surface area contributed by atoms with Crippen LogP contribution in [-0.2, 0) is 4.79 Å². The fourth-order valence-electron chi connectivity index (χ4n) is 1.56. The molecule has 1 aromatic rings. The Morgan fingerprint density at radius 2 is 2.18 bits per heavy atom. The lowest BCUT2D eigenvalue weighted by Gasteiger charge is -2.23. The molecule has 1 aliphatic heterocycles. The zero-order valence-electron chi connectivity index (χ0n) is 8.57. The Labute approximate surface area is 101 Å². The number of halogens is 2. The Bertz CT molecular complexity index is 480. The average molecular weight is 262 g/mol. The molecule has 7 heteroatoms. The molecular weight excluding hydrogens is 253 g/mol. The van der Waals surface area contributed by atoms with Crippen molar-refractivity contribution in [2.75, 3.05) is 13.2 Å². The molecule has 0 fully saturated rings. The summed E-state index contributed by atoms with van der Waals surface area (Å²) in [5, 5.41) is 8.57. The fraction of sp³-hybridized carbons (Fsp3) is 0.300. The highest BCUT2D eigenvalue weighted by Gasteiger charge is 2.30. The second kappa shape index (κ2) is 4.38. The van der Waals surface area contributed by atoms with Crippen molar-refractivity contribution in [2.45, 2.75) is 6.04 Å². The molecule has 0 amide bonds. The van der Waals surface area contributed by atoms with Gasteiger partial charge in [0.25, 0.3) is 0 Å². The number of carboxylic acid groups (broad SMARTS) is 1. The van der Waals surface area contributed by atoms with Crippen molar-refractivity contribution in [3.8, 4) is 11.5 Å². The van der Waals surface area contributed by atoms with Crippen LogP contribution < -0.4 is 15.2 Å². The van der Waals surface area contributed by atoms with Gasteiger partial charge in [-0.1, -0.05) is 11.6 Å². The van der Waals surface area contributed by atoms with Crippen molar-refractivity contribution in [1.82, 2.24) is 0 Å². The van der Waals surface area contributed by atoms with Gasteiger partial charge in [0.2, 0.25) is 0 Å². The number of hydrogen-bond donors (Lipinski definition) is 2. The maximum Gasteiger partial charge on any atom is 0.325 e. The van der Waals surface area contributed by atoms with Crippen LogP contribution in [0.1, 0.15) is 11.6 Å². The molecule has 92 valence electrons. The highest BCUT2D eigenvalue weighted by atomic mass is 35.5. The lowest BCUT2D eigenvalue weighted by atomic mass is 10.0. The molecule has 0 saturated carbocycles. The molecule has 0 spiro atoms. The molecule has 1 atom stereocenters. The zero-order valence-corrected chi connectivity index (χ0v) is 9.33. The van der Waals surface area contributed by atoms with Gasteiger partial charge in [0.1, 0.15) is 19.3 Å². The monoisotopic (exact) mass is 261 g/mol. The van der Waals surface area contributed by atoms with Gasteiger partial charge in [-0.2, -0.15) is 0 Å². The van der Waals surface area contributed by atoms with Crippen LogP contribution in [0.2, 0.25) is 5.02 Å². The number of hydrogen-bond acceptors (Lipinski definition) is 4. The Balaban J connectivity index is 2.62. The van der Waals surface area contributed by atoms with Gasteiger partial charge in [0.15, 0.2) is 17.3 Å². The highest BCUT2D eigenvalue weighted by molar-refractivity contribution is 6.31. The molecule has 5 nitrogen and oxygen atoms in total. The number of nitrogens with two attached hydrogens (primary N) is 1. The van der Waals surface area contributed by atoms with Gasteiger partial charge < -0.3 is 20.3 Å². The molecule has 1 unspecified atom stereocenters. The summed E-state index contributed by atoms with van der Waals surface area (Å²) in [6.07, 6.45) is 0. The van der Waals surface area contributed by atoms with Gasteiger partial charge in [0.05, 0.1) is 10.6 Å². The molecule has 3 N–H and O–H groups in total. The predicted octanol–water partition coefficient (Wildman–Crippen LogP) is 1.33. The van der Waals surface area contributed by atoms with E-state index < -0.39 is 17.8 Å². The Morgan fingerprint density at radius 3 is 2.82 bits per heavy atom. The van der Waals surface area contributed by atoms with Crippen LogP contribution in [0.25, 0.3) is 0 Å². The van der Waals surface area contributed by atoms with Gasteiger partial charge in [-0.25, -0.2) is 4.39 Å². The van der Waals surface area contributed by atoms with E-state index >= 15 is 0 Å². The third-order valence-corrected chi connectivity index (χ3v) is 2.61. The lowest BCUT2D eigenvalue weighted by Crippen LogP contribution is -2.25. The van der Waals surface area contributed by atoms with Crippen molar-refractivity contribution in [3.05, 3.63) is 22.5 Å². The number of ether oxygens (including phenoxy) is 2. The van der Waals surface area contributed by atoms with Crippen molar-refractivity contribution in [3.63, 3.8) is 0 Å². The van der Waals surface area contributed by atoms with Gasteiger partial charge in [-0.3, -0.25) is 4.79 Å². The molecule has 2 rings (SSSR count). The number of carbonyl (C=O) groups is 1. The van der Waals surface area contributed by atoms with Crippen molar-refractivity contribution in [1.29, 1.82) is 0 Å². The number of aliphatic carboxylic acids is 1. The SMILES string of the molecule is NC(C(=O)O)c1c(F)c(Cl)cc2c1OCCO2. The number of fused-ring (bicyclic) bond motifs is 1. The molecule has 1 heterocycles. The first-order valence-electron chi connectivity index (χ1n) is 4.78. The first kappa shape index (κ1) is 11.9. The number of rotatable bonds is 2. The van der Waals surface area contributed by atoms with Crippen LogP contribution in [0.3, 0.4) is 0 Å². The molecule has 0 radical (unpaired) electrons. The molecule has 0 bridgehead atoms. The van der Waals surface area contributed by atoms with Crippen molar-refractivity contribution in [2.24, 2.45) is 5.73 Å². The second-order valence-electron chi connectivity index (χ2n) is 3.43. The fourth-order valence-corrected chi connectivity index (χ4v) is 1.76. The van der Waals surface area contributed by atoms with Crippen LogP contribution in [0.5, 0.6) is 11.5 Å². The minimum Gasteiger partial charge on any atom is -0.486 e. The first-order chi connectivity index (χ1) is 8.02. The third-order valence-electron chi connectivity index (χ3n) is 2.34. The van der Waals surface area contributed by atoms with Crippen LogP contribution in [0.15, 0.2) is 6.07 Å². The molecule has 0 saturated heterocycles. The van der Waals surface area contributed by atoms with E-state index in [0.717, 1.165) is 0 Å². The van der Waals surface area contributed by atoms with E-state index in [1.165, 1.54) is 6.07 Å². The molecule has 1 aromatic carbocycles. The zero-order chi connectivity index (χ0) is 12.6. The van der Waals surface area contributed by atoms with E-state index in [1.807, 2.05) is 0 Å². The second-order valence-corrected chi connectivity index (χ2v) is 3.83. The van der Waals surface area contributed by atoms with Crippen LogP contribution in [0, 0.1) is 5.82 Å². The van der Waals surface area contributed by atoms with Crippen molar-refractivity contribution < 1.29 is 23.8 Å². The van der Waals surface area contributed by atoms with Crippen LogP contribution >= 0.6 is 11.6 Å². The normalized spacial score (nSPS) is 15.5. The Morgan fingerprint density at radius 1 is 1.53 bits per heavy atom. The summed E-state index contributed by atoms with van der Waals surface area (Å²) in [5.41, 5.74) is 5.11. The van der Waals surface area contributed by atoms with Gasteiger partial charge >= 0.3 is 5.97 Å². The standard InChI is InChI=1S/C10H9ClFNO4/c11-4-3-5-9(17-2-1-16-5)6(7(4)12)8(13)10(14)15/h3,8H,1-2,13H2,(H,14,15). The van der Waals surface area contributed by atoms with E-state index in [9.17, 15) is 9.18 Å². The Hall–Kier alpha value is -1.53. The van der Waals surface area contributed by atoms with Gasteiger partial charge in [-0.15, -0.1) is 0 Å². The molecule has 17 heavy (non-hydrogen) atoms. The summed E-state index contributed by atoms with van der Waals surface area (Å²) in [4.78, 5) is 10.8. The van der Waals surface area contributed by atoms with Crippen molar-refractivity contribution >= 4 is 17.6 Å². The number of benzene rings is 1. The number of carboxylic acids is 1. The topological polar surface area (TPSA) is 81.8 Å². The van der Waals surface area contributed by atoms with Gasteiger partial charge in [0, 0.05) is 6.07 Å². The smallest absolute Gasteiger partial charge is 0.325 e. The summed E-state index contributed by atoms with van der Waals surface area (Å²) in [6, 6.07) is -0.312. The minimum atomic E-state index is -1.55. The largest absolute Gasteiger partial charge is 0.486 e. The molecular formula is C10H9ClFNO4. The van der Waals surface area contributed by atoms with E-state index in [1.54, 1.807) is 0 Å². The summed E-state index contributed by atoms with van der Waals surface area (Å²) in [7, 11) is 0. The van der Waals surface area contributed by atoms with Crippen LogP contribution in [0.4, 0.5) is 4.39 Å².